The maximum atomic E-state index is 4.00. The van der Waals surface area contributed by atoms with E-state index < -0.39 is 0 Å². The monoisotopic (exact) mass is 177 g/mol. The van der Waals surface area contributed by atoms with Crippen molar-refractivity contribution in [2.45, 2.75) is 13.1 Å². The molecule has 2 rings (SSSR count). The summed E-state index contributed by atoms with van der Waals surface area (Å²) in [6.45, 7) is 1.52. The van der Waals surface area contributed by atoms with Gasteiger partial charge in [0.05, 0.1) is 6.54 Å². The van der Waals surface area contributed by atoms with E-state index in [1.165, 1.54) is 12.0 Å². The third-order valence-corrected chi connectivity index (χ3v) is 1.74. The SMILES string of the molecule is c1c[nH]c(CNCc2ncn[nH]2)c1. The Bertz CT molecular complexity index is 289. The summed E-state index contributed by atoms with van der Waals surface area (Å²) in [6, 6.07) is 4.01. The molecule has 13 heavy (non-hydrogen) atoms. The molecule has 68 valence electrons. The molecule has 0 spiro atoms. The largest absolute Gasteiger partial charge is 0.364 e. The Labute approximate surface area is 75.6 Å². The molecule has 0 bridgehead atoms. The van der Waals surface area contributed by atoms with Crippen LogP contribution in [0, 0.1) is 0 Å². The van der Waals surface area contributed by atoms with Crippen molar-refractivity contribution in [1.29, 1.82) is 0 Å². The first-order chi connectivity index (χ1) is 6.45. The summed E-state index contributed by atoms with van der Waals surface area (Å²) in [4.78, 5) is 7.10. The molecule has 0 amide bonds. The normalized spacial score (nSPS) is 10.5. The fourth-order valence-corrected chi connectivity index (χ4v) is 1.11. The molecule has 0 unspecified atom stereocenters. The van der Waals surface area contributed by atoms with Crippen molar-refractivity contribution in [1.82, 2.24) is 25.5 Å². The second-order valence-electron chi connectivity index (χ2n) is 2.73. The molecule has 0 saturated heterocycles. The van der Waals surface area contributed by atoms with E-state index in [-0.39, 0.29) is 0 Å². The lowest BCUT2D eigenvalue weighted by Gasteiger charge is -1.99. The van der Waals surface area contributed by atoms with E-state index in [4.69, 9.17) is 0 Å². The average molecular weight is 177 g/mol. The predicted octanol–water partition coefficient (Wildman–Crippen LogP) is 0.423. The van der Waals surface area contributed by atoms with Gasteiger partial charge in [-0.3, -0.25) is 5.10 Å². The first kappa shape index (κ1) is 8.00. The van der Waals surface area contributed by atoms with Crippen molar-refractivity contribution in [3.05, 3.63) is 36.2 Å². The maximum Gasteiger partial charge on any atom is 0.138 e. The van der Waals surface area contributed by atoms with Crippen LogP contribution in [0.2, 0.25) is 0 Å². The van der Waals surface area contributed by atoms with E-state index in [9.17, 15) is 0 Å². The molecule has 2 aromatic rings. The summed E-state index contributed by atoms with van der Waals surface area (Å²) in [5.41, 5.74) is 1.17. The molecule has 5 nitrogen and oxygen atoms in total. The molecule has 2 heterocycles. The first-order valence-corrected chi connectivity index (χ1v) is 4.12. The standard InChI is InChI=1S/C8H11N5/c1-2-7(10-3-1)4-9-5-8-11-6-12-13-8/h1-3,6,9-10H,4-5H2,(H,11,12,13). The highest BCUT2D eigenvalue weighted by molar-refractivity contribution is 5.02. The van der Waals surface area contributed by atoms with Crippen molar-refractivity contribution in [2.75, 3.05) is 0 Å². The zero-order chi connectivity index (χ0) is 8.93. The zero-order valence-corrected chi connectivity index (χ0v) is 7.12. The van der Waals surface area contributed by atoms with Crippen molar-refractivity contribution in [2.24, 2.45) is 0 Å². The third-order valence-electron chi connectivity index (χ3n) is 1.74. The maximum absolute atomic E-state index is 4.00. The van der Waals surface area contributed by atoms with Crippen molar-refractivity contribution >= 4 is 0 Å². The van der Waals surface area contributed by atoms with Crippen LogP contribution in [0.5, 0.6) is 0 Å². The summed E-state index contributed by atoms with van der Waals surface area (Å²) in [5, 5.41) is 9.76. The van der Waals surface area contributed by atoms with E-state index >= 15 is 0 Å². The summed E-state index contributed by atoms with van der Waals surface area (Å²) < 4.78 is 0. The van der Waals surface area contributed by atoms with Crippen LogP contribution in [0.25, 0.3) is 0 Å². The molecule has 0 aliphatic carbocycles. The number of nitrogens with one attached hydrogen (secondary N) is 3. The number of aromatic nitrogens is 4. The van der Waals surface area contributed by atoms with Gasteiger partial charge in [0.2, 0.25) is 0 Å². The van der Waals surface area contributed by atoms with Crippen LogP contribution in [0.1, 0.15) is 11.5 Å². The Kier molecular flexibility index (Phi) is 2.38. The van der Waals surface area contributed by atoms with E-state index in [2.05, 4.69) is 25.5 Å². The van der Waals surface area contributed by atoms with Gasteiger partial charge < -0.3 is 10.3 Å². The van der Waals surface area contributed by atoms with Crippen molar-refractivity contribution in [3.63, 3.8) is 0 Å². The molecule has 5 heteroatoms. The fourth-order valence-electron chi connectivity index (χ4n) is 1.11. The van der Waals surface area contributed by atoms with E-state index in [0.29, 0.717) is 6.54 Å². The second-order valence-corrected chi connectivity index (χ2v) is 2.73. The van der Waals surface area contributed by atoms with Gasteiger partial charge in [-0.05, 0) is 12.1 Å². The smallest absolute Gasteiger partial charge is 0.138 e. The zero-order valence-electron chi connectivity index (χ0n) is 7.12. The lowest BCUT2D eigenvalue weighted by atomic mass is 10.4. The molecule has 0 aliphatic heterocycles. The molecular weight excluding hydrogens is 166 g/mol. The van der Waals surface area contributed by atoms with Crippen molar-refractivity contribution in [3.8, 4) is 0 Å². The number of nitrogens with zero attached hydrogens (tertiary/aromatic N) is 2. The van der Waals surface area contributed by atoms with E-state index in [1.807, 2.05) is 18.3 Å². The molecule has 0 radical (unpaired) electrons. The highest BCUT2D eigenvalue weighted by Crippen LogP contribution is 1.93. The molecule has 2 aromatic heterocycles. The van der Waals surface area contributed by atoms with Gasteiger partial charge in [-0.2, -0.15) is 5.10 Å². The summed E-state index contributed by atoms with van der Waals surface area (Å²) in [7, 11) is 0. The number of hydrogen-bond donors (Lipinski definition) is 3. The number of hydrogen-bond acceptors (Lipinski definition) is 3. The van der Waals surface area contributed by atoms with E-state index in [1.54, 1.807) is 0 Å². The van der Waals surface area contributed by atoms with Crippen LogP contribution < -0.4 is 5.32 Å². The Morgan fingerprint density at radius 2 is 2.38 bits per heavy atom. The van der Waals surface area contributed by atoms with Crippen LogP contribution in [0.4, 0.5) is 0 Å². The van der Waals surface area contributed by atoms with Gasteiger partial charge in [-0.25, -0.2) is 4.98 Å². The molecular formula is C8H11N5. The Morgan fingerprint density at radius 3 is 3.08 bits per heavy atom. The molecule has 3 N–H and O–H groups in total. The molecule has 0 aliphatic rings. The first-order valence-electron chi connectivity index (χ1n) is 4.12. The van der Waals surface area contributed by atoms with Crippen LogP contribution in [-0.2, 0) is 13.1 Å². The van der Waals surface area contributed by atoms with Gasteiger partial charge in [-0.1, -0.05) is 0 Å². The summed E-state index contributed by atoms with van der Waals surface area (Å²) in [6.07, 6.45) is 3.41. The highest BCUT2D eigenvalue weighted by atomic mass is 15.2. The third kappa shape index (κ3) is 2.16. The topological polar surface area (TPSA) is 69.4 Å². The van der Waals surface area contributed by atoms with Gasteiger partial charge in [-0.15, -0.1) is 0 Å². The lowest BCUT2D eigenvalue weighted by Crippen LogP contribution is -2.13. The molecule has 0 fully saturated rings. The molecule has 0 atom stereocenters. The van der Waals surface area contributed by atoms with Gasteiger partial charge in [0.15, 0.2) is 0 Å². The Morgan fingerprint density at radius 1 is 1.38 bits per heavy atom. The molecule has 0 saturated carbocycles. The minimum absolute atomic E-state index is 0.707. The summed E-state index contributed by atoms with van der Waals surface area (Å²) >= 11 is 0. The van der Waals surface area contributed by atoms with Crippen LogP contribution in [-0.4, -0.2) is 20.2 Å². The van der Waals surface area contributed by atoms with Crippen LogP contribution >= 0.6 is 0 Å². The summed E-state index contributed by atoms with van der Waals surface area (Å²) in [5.74, 6) is 0.853. The Hall–Kier alpha value is -1.62. The highest BCUT2D eigenvalue weighted by Gasteiger charge is 1.95. The van der Waals surface area contributed by atoms with E-state index in [0.717, 1.165) is 12.4 Å². The quantitative estimate of drug-likeness (QED) is 0.634. The van der Waals surface area contributed by atoms with Crippen LogP contribution in [0.15, 0.2) is 24.7 Å². The number of H-pyrrole nitrogens is 2. The Balaban J connectivity index is 1.76. The van der Waals surface area contributed by atoms with Gasteiger partial charge >= 0.3 is 0 Å². The number of aromatic amines is 2. The fraction of sp³-hybridized carbons (Fsp3) is 0.250. The number of rotatable bonds is 4. The lowest BCUT2D eigenvalue weighted by molar-refractivity contribution is 0.656. The van der Waals surface area contributed by atoms with Crippen molar-refractivity contribution < 1.29 is 0 Å². The van der Waals surface area contributed by atoms with Gasteiger partial charge in [0, 0.05) is 18.4 Å². The van der Waals surface area contributed by atoms with Gasteiger partial charge in [0.25, 0.3) is 0 Å². The second kappa shape index (κ2) is 3.86. The van der Waals surface area contributed by atoms with Gasteiger partial charge in [0.1, 0.15) is 12.2 Å². The van der Waals surface area contributed by atoms with Crippen LogP contribution in [0.3, 0.4) is 0 Å². The molecule has 0 aromatic carbocycles. The minimum atomic E-state index is 0.707. The minimum Gasteiger partial charge on any atom is -0.364 e. The average Bonchev–Trinajstić information content (AvgIpc) is 2.75. The predicted molar refractivity (Wildman–Crippen MR) is 47.7 cm³/mol.